The van der Waals surface area contributed by atoms with Gasteiger partial charge in [0.25, 0.3) is 5.91 Å². The van der Waals surface area contributed by atoms with Crippen LogP contribution in [0.1, 0.15) is 6.92 Å². The standard InChI is InChI=1S/C14H15FN2O5/c1-8-13(19)17(10-4-2-3-5-11(10)22-8)7-12(18)16-9(6-15)14(20)21/h2-5,8-9H,6-7H2,1H3,(H,16,18)(H,20,21). The highest BCUT2D eigenvalue weighted by Crippen LogP contribution is 2.33. The highest BCUT2D eigenvalue weighted by molar-refractivity contribution is 6.04. The Morgan fingerprint density at radius 2 is 2.14 bits per heavy atom. The Bertz CT molecular complexity index is 607. The third-order valence-corrected chi connectivity index (χ3v) is 3.16. The van der Waals surface area contributed by atoms with E-state index in [-0.39, 0.29) is 0 Å². The first-order chi connectivity index (χ1) is 10.4. The van der Waals surface area contributed by atoms with E-state index >= 15 is 0 Å². The molecule has 0 aliphatic carbocycles. The van der Waals surface area contributed by atoms with Crippen LogP contribution in [0.2, 0.25) is 0 Å². The molecule has 2 atom stereocenters. The van der Waals surface area contributed by atoms with E-state index in [1.54, 1.807) is 31.2 Å². The van der Waals surface area contributed by atoms with Crippen LogP contribution in [0, 0.1) is 0 Å². The lowest BCUT2D eigenvalue weighted by atomic mass is 10.2. The summed E-state index contributed by atoms with van der Waals surface area (Å²) in [4.78, 5) is 35.9. The largest absolute Gasteiger partial charge is 0.480 e. The van der Waals surface area contributed by atoms with Gasteiger partial charge in [-0.1, -0.05) is 12.1 Å². The normalized spacial score (nSPS) is 18.2. The van der Waals surface area contributed by atoms with Crippen LogP contribution in [0.15, 0.2) is 24.3 Å². The van der Waals surface area contributed by atoms with Crippen molar-refractivity contribution < 1.29 is 28.6 Å². The fourth-order valence-electron chi connectivity index (χ4n) is 2.07. The molecule has 118 valence electrons. The van der Waals surface area contributed by atoms with Crippen LogP contribution < -0.4 is 15.0 Å². The number of carbonyl (C=O) groups is 3. The molecule has 1 aromatic carbocycles. The van der Waals surface area contributed by atoms with E-state index in [1.807, 2.05) is 5.32 Å². The number of hydrogen-bond donors (Lipinski definition) is 2. The van der Waals surface area contributed by atoms with Crippen molar-refractivity contribution in [3.63, 3.8) is 0 Å². The van der Waals surface area contributed by atoms with Crippen LogP contribution in [0.25, 0.3) is 0 Å². The van der Waals surface area contributed by atoms with Crippen LogP contribution in [0.4, 0.5) is 10.1 Å². The molecule has 0 fully saturated rings. The molecule has 8 heteroatoms. The summed E-state index contributed by atoms with van der Waals surface area (Å²) in [6, 6.07) is 5.04. The van der Waals surface area contributed by atoms with E-state index in [9.17, 15) is 18.8 Å². The minimum absolute atomic E-state index is 0.409. The Hall–Kier alpha value is -2.64. The Morgan fingerprint density at radius 3 is 2.77 bits per heavy atom. The Balaban J connectivity index is 2.16. The predicted octanol–water partition coefficient (Wildman–Crippen LogP) is 0.339. The monoisotopic (exact) mass is 310 g/mol. The van der Waals surface area contributed by atoms with Gasteiger partial charge in [-0.25, -0.2) is 9.18 Å². The Labute approximate surface area is 125 Å². The first kappa shape index (κ1) is 15.7. The average molecular weight is 310 g/mol. The molecule has 2 N–H and O–H groups in total. The zero-order valence-electron chi connectivity index (χ0n) is 11.8. The molecule has 1 aromatic rings. The van der Waals surface area contributed by atoms with E-state index in [0.717, 1.165) is 0 Å². The molecule has 1 aliphatic rings. The van der Waals surface area contributed by atoms with Gasteiger partial charge in [0.05, 0.1) is 5.69 Å². The SMILES string of the molecule is CC1Oc2ccccc2N(CC(=O)NC(CF)C(=O)O)C1=O. The van der Waals surface area contributed by atoms with Crippen molar-refractivity contribution in [2.75, 3.05) is 18.1 Å². The minimum Gasteiger partial charge on any atom is -0.480 e. The van der Waals surface area contributed by atoms with Crippen molar-refractivity contribution in [1.82, 2.24) is 5.32 Å². The van der Waals surface area contributed by atoms with Crippen molar-refractivity contribution in [2.45, 2.75) is 19.1 Å². The minimum atomic E-state index is -1.63. The fourth-order valence-corrected chi connectivity index (χ4v) is 2.07. The zero-order chi connectivity index (χ0) is 16.3. The molecular formula is C14H15FN2O5. The summed E-state index contributed by atoms with van der Waals surface area (Å²) >= 11 is 0. The smallest absolute Gasteiger partial charge is 0.328 e. The van der Waals surface area contributed by atoms with Crippen molar-refractivity contribution in [2.24, 2.45) is 0 Å². The lowest BCUT2D eigenvalue weighted by Crippen LogP contribution is -2.51. The number of halogens is 1. The molecule has 0 bridgehead atoms. The molecule has 2 unspecified atom stereocenters. The van der Waals surface area contributed by atoms with Gasteiger partial charge >= 0.3 is 5.97 Å². The summed E-state index contributed by atoms with van der Waals surface area (Å²) in [7, 11) is 0. The van der Waals surface area contributed by atoms with Gasteiger partial charge in [-0.05, 0) is 19.1 Å². The van der Waals surface area contributed by atoms with Crippen LogP contribution >= 0.6 is 0 Å². The number of nitrogens with one attached hydrogen (secondary N) is 1. The molecule has 0 spiro atoms. The van der Waals surface area contributed by atoms with Gasteiger partial charge in [-0.2, -0.15) is 0 Å². The molecular weight excluding hydrogens is 295 g/mol. The Morgan fingerprint density at radius 1 is 1.45 bits per heavy atom. The summed E-state index contributed by atoms with van der Waals surface area (Å²) in [5, 5.41) is 10.8. The van der Waals surface area contributed by atoms with Crippen LogP contribution in [0.5, 0.6) is 5.75 Å². The lowest BCUT2D eigenvalue weighted by molar-refractivity contribution is -0.142. The van der Waals surface area contributed by atoms with Crippen molar-refractivity contribution >= 4 is 23.5 Å². The predicted molar refractivity (Wildman–Crippen MR) is 74.4 cm³/mol. The average Bonchev–Trinajstić information content (AvgIpc) is 2.49. The Kier molecular flexibility index (Phi) is 4.59. The molecule has 22 heavy (non-hydrogen) atoms. The summed E-state index contributed by atoms with van der Waals surface area (Å²) < 4.78 is 17.9. The second-order valence-corrected chi connectivity index (χ2v) is 4.76. The zero-order valence-corrected chi connectivity index (χ0v) is 11.8. The van der Waals surface area contributed by atoms with Crippen molar-refractivity contribution in [1.29, 1.82) is 0 Å². The molecule has 1 heterocycles. The summed E-state index contributed by atoms with van der Waals surface area (Å²) in [6.07, 6.45) is -0.765. The molecule has 2 rings (SSSR count). The van der Waals surface area contributed by atoms with Gasteiger partial charge in [0, 0.05) is 0 Å². The number of hydrogen-bond acceptors (Lipinski definition) is 4. The van der Waals surface area contributed by atoms with E-state index in [1.165, 1.54) is 4.90 Å². The third-order valence-electron chi connectivity index (χ3n) is 3.16. The van der Waals surface area contributed by atoms with Gasteiger partial charge in [0.1, 0.15) is 19.0 Å². The van der Waals surface area contributed by atoms with E-state index in [4.69, 9.17) is 9.84 Å². The number of amides is 2. The number of benzene rings is 1. The molecule has 1 aliphatic heterocycles. The van der Waals surface area contributed by atoms with Gasteiger partial charge in [0.15, 0.2) is 12.1 Å². The van der Waals surface area contributed by atoms with Gasteiger partial charge < -0.3 is 15.2 Å². The van der Waals surface area contributed by atoms with E-state index in [0.29, 0.717) is 11.4 Å². The highest BCUT2D eigenvalue weighted by Gasteiger charge is 2.33. The molecule has 0 saturated heterocycles. The molecule has 0 saturated carbocycles. The fraction of sp³-hybridized carbons (Fsp3) is 0.357. The maximum atomic E-state index is 12.5. The first-order valence-corrected chi connectivity index (χ1v) is 6.59. The van der Waals surface area contributed by atoms with Crippen LogP contribution in [-0.4, -0.2) is 48.3 Å². The van der Waals surface area contributed by atoms with Gasteiger partial charge in [-0.3, -0.25) is 14.5 Å². The summed E-state index contributed by atoms with van der Waals surface area (Å²) in [6.45, 7) is -0.0940. The number of carbonyl (C=O) groups excluding carboxylic acids is 2. The topological polar surface area (TPSA) is 95.9 Å². The number of para-hydroxylation sites is 2. The third kappa shape index (κ3) is 3.16. The van der Waals surface area contributed by atoms with Crippen LogP contribution in [-0.2, 0) is 14.4 Å². The molecule has 0 radical (unpaired) electrons. The molecule has 0 aromatic heterocycles. The lowest BCUT2D eigenvalue weighted by Gasteiger charge is -2.32. The number of aliphatic carboxylic acids is 1. The molecule has 2 amide bonds. The molecule has 7 nitrogen and oxygen atoms in total. The number of ether oxygens (including phenoxy) is 1. The van der Waals surface area contributed by atoms with Crippen molar-refractivity contribution in [3.05, 3.63) is 24.3 Å². The maximum absolute atomic E-state index is 12.5. The number of nitrogens with zero attached hydrogens (tertiary/aromatic N) is 1. The van der Waals surface area contributed by atoms with Crippen molar-refractivity contribution in [3.8, 4) is 5.75 Å². The second-order valence-electron chi connectivity index (χ2n) is 4.76. The van der Waals surface area contributed by atoms with Gasteiger partial charge in [-0.15, -0.1) is 0 Å². The summed E-state index contributed by atoms with van der Waals surface area (Å²) in [5.74, 6) is -2.22. The summed E-state index contributed by atoms with van der Waals surface area (Å²) in [5.41, 5.74) is 0.410. The quantitative estimate of drug-likeness (QED) is 0.817. The van der Waals surface area contributed by atoms with Crippen LogP contribution in [0.3, 0.4) is 0 Å². The van der Waals surface area contributed by atoms with Gasteiger partial charge in [0.2, 0.25) is 5.91 Å². The number of carboxylic acid groups (broad SMARTS) is 1. The number of fused-ring (bicyclic) bond motifs is 1. The van der Waals surface area contributed by atoms with E-state index in [2.05, 4.69) is 0 Å². The second kappa shape index (κ2) is 6.42. The van der Waals surface area contributed by atoms with E-state index < -0.39 is 43.1 Å². The maximum Gasteiger partial charge on any atom is 0.328 e. The number of rotatable bonds is 5. The first-order valence-electron chi connectivity index (χ1n) is 6.59. The number of carboxylic acids is 1. The number of alkyl halides is 1. The highest BCUT2D eigenvalue weighted by atomic mass is 19.1. The number of anilines is 1.